The molecule has 0 radical (unpaired) electrons. The highest BCUT2D eigenvalue weighted by Crippen LogP contribution is 2.29. The topological polar surface area (TPSA) is 76.1 Å². The molecule has 0 saturated carbocycles. The second-order valence-corrected chi connectivity index (χ2v) is 6.41. The molecule has 1 aromatic heterocycles. The van der Waals surface area contributed by atoms with Crippen LogP contribution < -0.4 is 5.32 Å². The van der Waals surface area contributed by atoms with E-state index >= 15 is 0 Å². The van der Waals surface area contributed by atoms with Gasteiger partial charge in [0.25, 0.3) is 5.91 Å². The molecule has 1 aromatic carbocycles. The molecule has 1 amide bonds. The monoisotopic (exact) mass is 300 g/mol. The first-order valence-electron chi connectivity index (χ1n) is 6.31. The highest BCUT2D eigenvalue weighted by atomic mass is 32.2. The van der Waals surface area contributed by atoms with E-state index in [1.54, 1.807) is 30.6 Å². The molecule has 0 saturated heterocycles. The third kappa shape index (κ3) is 2.57. The van der Waals surface area contributed by atoms with Gasteiger partial charge in [-0.2, -0.15) is 0 Å². The number of aromatic nitrogens is 1. The quantitative estimate of drug-likeness (QED) is 0.937. The van der Waals surface area contributed by atoms with E-state index in [1.165, 1.54) is 12.1 Å². The van der Waals surface area contributed by atoms with Crippen molar-refractivity contribution in [1.82, 2.24) is 10.3 Å². The van der Waals surface area contributed by atoms with Crippen molar-refractivity contribution < 1.29 is 13.2 Å². The fourth-order valence-electron chi connectivity index (χ4n) is 2.17. The molecular formula is C15H12N2O3S. The molecule has 1 N–H and O–H groups in total. The molecule has 3 rings (SSSR count). The average molecular weight is 300 g/mol. The maximum absolute atomic E-state index is 12.2. The van der Waals surface area contributed by atoms with Gasteiger partial charge in [0.05, 0.1) is 4.90 Å². The van der Waals surface area contributed by atoms with E-state index in [0.29, 0.717) is 17.7 Å². The summed E-state index contributed by atoms with van der Waals surface area (Å²) in [5.74, 6) is -0.308. The average Bonchev–Trinajstić information content (AvgIpc) is 2.82. The smallest absolute Gasteiger partial charge is 0.252 e. The van der Waals surface area contributed by atoms with Gasteiger partial charge in [-0.1, -0.05) is 12.1 Å². The van der Waals surface area contributed by atoms with E-state index in [4.69, 9.17) is 0 Å². The number of benzene rings is 1. The van der Waals surface area contributed by atoms with E-state index in [2.05, 4.69) is 10.3 Å². The van der Waals surface area contributed by atoms with Gasteiger partial charge in [-0.3, -0.25) is 9.78 Å². The Balaban J connectivity index is 1.84. The van der Waals surface area contributed by atoms with Crippen LogP contribution in [0.15, 0.2) is 53.0 Å². The van der Waals surface area contributed by atoms with Crippen LogP contribution in [0.4, 0.5) is 0 Å². The predicted octanol–water partition coefficient (Wildman–Crippen LogP) is 1.77. The molecule has 0 unspecified atom stereocenters. The highest BCUT2D eigenvalue weighted by molar-refractivity contribution is 7.94. The molecule has 0 aliphatic carbocycles. The van der Waals surface area contributed by atoms with Crippen LogP contribution in [-0.4, -0.2) is 19.3 Å². The number of fused-ring (bicyclic) bond motifs is 1. The summed E-state index contributed by atoms with van der Waals surface area (Å²) in [5, 5.41) is 3.89. The fourth-order valence-corrected chi connectivity index (χ4v) is 3.39. The Morgan fingerprint density at radius 2 is 2.05 bits per heavy atom. The molecule has 0 fully saturated rings. The number of hydrogen-bond donors (Lipinski definition) is 1. The number of nitrogens with zero attached hydrogens (tertiary/aromatic N) is 1. The maximum atomic E-state index is 12.2. The van der Waals surface area contributed by atoms with Crippen LogP contribution in [-0.2, 0) is 16.4 Å². The van der Waals surface area contributed by atoms with Crippen molar-refractivity contribution in [2.24, 2.45) is 0 Å². The second-order valence-electron chi connectivity index (χ2n) is 4.61. The van der Waals surface area contributed by atoms with Crippen molar-refractivity contribution in [1.29, 1.82) is 0 Å². The molecule has 1 aliphatic rings. The van der Waals surface area contributed by atoms with Crippen molar-refractivity contribution in [2.75, 3.05) is 0 Å². The van der Waals surface area contributed by atoms with E-state index in [-0.39, 0.29) is 10.8 Å². The molecule has 1 aliphatic heterocycles. The molecule has 0 atom stereocenters. The summed E-state index contributed by atoms with van der Waals surface area (Å²) in [5.41, 5.74) is 1.68. The summed E-state index contributed by atoms with van der Waals surface area (Å²) in [6.45, 7) is 0.340. The van der Waals surface area contributed by atoms with Gasteiger partial charge in [0, 0.05) is 35.5 Å². The fraction of sp³-hybridized carbons (Fsp3) is 0.0667. The summed E-state index contributed by atoms with van der Waals surface area (Å²) in [6, 6.07) is 8.33. The molecule has 5 nitrogen and oxygen atoms in total. The standard InChI is InChI=1S/C15H12N2O3S/c18-15(17-10-11-3-2-7-16-9-11)13-4-1-5-14-12(13)6-8-21(14,19)20/h1-9H,10H2,(H,17,18). The van der Waals surface area contributed by atoms with Gasteiger partial charge in [-0.25, -0.2) is 8.42 Å². The molecule has 2 heterocycles. The highest BCUT2D eigenvalue weighted by Gasteiger charge is 2.24. The normalized spacial score (nSPS) is 14.7. The van der Waals surface area contributed by atoms with Gasteiger partial charge in [0.15, 0.2) is 9.84 Å². The van der Waals surface area contributed by atoms with Gasteiger partial charge < -0.3 is 5.32 Å². The van der Waals surface area contributed by atoms with E-state index in [1.807, 2.05) is 6.07 Å². The molecule has 0 spiro atoms. The summed E-state index contributed by atoms with van der Waals surface area (Å²) in [7, 11) is -3.40. The molecule has 106 valence electrons. The number of carbonyl (C=O) groups excluding carboxylic acids is 1. The first kappa shape index (κ1) is 13.5. The number of hydrogen-bond acceptors (Lipinski definition) is 4. The maximum Gasteiger partial charge on any atom is 0.252 e. The minimum atomic E-state index is -3.40. The number of pyridine rings is 1. The molecule has 0 bridgehead atoms. The van der Waals surface area contributed by atoms with Gasteiger partial charge in [-0.05, 0) is 29.8 Å². The third-order valence-corrected chi connectivity index (χ3v) is 4.67. The van der Waals surface area contributed by atoms with Crippen LogP contribution in [0.25, 0.3) is 6.08 Å². The lowest BCUT2D eigenvalue weighted by Gasteiger charge is -2.08. The van der Waals surface area contributed by atoms with E-state index < -0.39 is 9.84 Å². The van der Waals surface area contributed by atoms with Crippen molar-refractivity contribution >= 4 is 21.8 Å². The Hall–Kier alpha value is -2.47. The Morgan fingerprint density at radius 1 is 1.19 bits per heavy atom. The lowest BCUT2D eigenvalue weighted by molar-refractivity contribution is 0.0950. The number of carbonyl (C=O) groups is 1. The van der Waals surface area contributed by atoms with Crippen LogP contribution in [0.2, 0.25) is 0 Å². The second kappa shape index (κ2) is 5.14. The lowest BCUT2D eigenvalue weighted by Crippen LogP contribution is -2.23. The van der Waals surface area contributed by atoms with Crippen molar-refractivity contribution in [2.45, 2.75) is 11.4 Å². The van der Waals surface area contributed by atoms with Gasteiger partial charge >= 0.3 is 0 Å². The number of nitrogens with one attached hydrogen (secondary N) is 1. The van der Waals surface area contributed by atoms with Crippen molar-refractivity contribution in [3.8, 4) is 0 Å². The zero-order valence-electron chi connectivity index (χ0n) is 11.0. The molecule has 21 heavy (non-hydrogen) atoms. The summed E-state index contributed by atoms with van der Waals surface area (Å²) >= 11 is 0. The van der Waals surface area contributed by atoms with Gasteiger partial charge in [0.1, 0.15) is 0 Å². The van der Waals surface area contributed by atoms with E-state index in [9.17, 15) is 13.2 Å². The lowest BCUT2D eigenvalue weighted by atomic mass is 10.1. The summed E-state index contributed by atoms with van der Waals surface area (Å²) in [6.07, 6.45) is 4.79. The number of sulfone groups is 1. The van der Waals surface area contributed by atoms with Crippen molar-refractivity contribution in [3.63, 3.8) is 0 Å². The van der Waals surface area contributed by atoms with E-state index in [0.717, 1.165) is 11.0 Å². The largest absolute Gasteiger partial charge is 0.348 e. The minimum Gasteiger partial charge on any atom is -0.348 e. The number of rotatable bonds is 3. The van der Waals surface area contributed by atoms with Crippen LogP contribution in [0.5, 0.6) is 0 Å². The van der Waals surface area contributed by atoms with Crippen molar-refractivity contribution in [3.05, 3.63) is 64.8 Å². The SMILES string of the molecule is O=C(NCc1cccnc1)c1cccc2c1C=CS2(=O)=O. The Kier molecular flexibility index (Phi) is 3.31. The summed E-state index contributed by atoms with van der Waals surface area (Å²) < 4.78 is 23.6. The summed E-state index contributed by atoms with van der Waals surface area (Å²) in [4.78, 5) is 16.4. The first-order valence-corrected chi connectivity index (χ1v) is 7.86. The molecule has 6 heteroatoms. The van der Waals surface area contributed by atoms with Crippen LogP contribution in [0, 0.1) is 0 Å². The van der Waals surface area contributed by atoms with Crippen LogP contribution in [0.1, 0.15) is 21.5 Å². The third-order valence-electron chi connectivity index (χ3n) is 3.21. The van der Waals surface area contributed by atoms with Crippen LogP contribution in [0.3, 0.4) is 0 Å². The zero-order chi connectivity index (χ0) is 14.9. The zero-order valence-corrected chi connectivity index (χ0v) is 11.8. The minimum absolute atomic E-state index is 0.177. The molecular weight excluding hydrogens is 288 g/mol. The first-order chi connectivity index (χ1) is 10.1. The predicted molar refractivity (Wildman–Crippen MR) is 78.1 cm³/mol. The Labute approximate surface area is 122 Å². The number of amides is 1. The molecule has 2 aromatic rings. The van der Waals surface area contributed by atoms with Gasteiger partial charge in [-0.15, -0.1) is 0 Å². The Morgan fingerprint density at radius 3 is 2.81 bits per heavy atom. The Bertz CT molecular complexity index is 827. The van der Waals surface area contributed by atoms with Crippen LogP contribution >= 0.6 is 0 Å². The van der Waals surface area contributed by atoms with Gasteiger partial charge in [0.2, 0.25) is 0 Å².